The summed E-state index contributed by atoms with van der Waals surface area (Å²) in [6.07, 6.45) is -0.140. The second kappa shape index (κ2) is 11.9. The number of halogens is 2. The first-order chi connectivity index (χ1) is 12.6. The minimum atomic E-state index is -0.140. The summed E-state index contributed by atoms with van der Waals surface area (Å²) in [5.74, 6) is 0.780. The van der Waals surface area contributed by atoms with Gasteiger partial charge >= 0.3 is 0 Å². The van der Waals surface area contributed by atoms with E-state index in [0.29, 0.717) is 13.2 Å². The van der Waals surface area contributed by atoms with Crippen LogP contribution in [0, 0.1) is 0 Å². The van der Waals surface area contributed by atoms with Crippen LogP contribution in [0.2, 0.25) is 10.0 Å². The van der Waals surface area contributed by atoms with Gasteiger partial charge < -0.3 is 9.47 Å². The number of hydrogen-bond donors (Lipinski definition) is 0. The van der Waals surface area contributed by atoms with Crippen molar-refractivity contribution in [3.05, 3.63) is 64.0 Å². The van der Waals surface area contributed by atoms with Crippen LogP contribution in [0.1, 0.15) is 13.8 Å². The van der Waals surface area contributed by atoms with Crippen molar-refractivity contribution in [3.8, 4) is 0 Å². The quantitative estimate of drug-likeness (QED) is 0.288. The molecule has 0 saturated carbocycles. The molecule has 140 valence electrons. The number of fused-ring (bicyclic) bond motifs is 1. The molecular weight excluding hydrogens is 407 g/mol. The first-order valence-corrected chi connectivity index (χ1v) is 11.0. The summed E-state index contributed by atoms with van der Waals surface area (Å²) in [5.41, 5.74) is 0. The Labute approximate surface area is 173 Å². The number of rotatable bonds is 7. The topological polar surface area (TPSA) is 18.5 Å². The van der Waals surface area contributed by atoms with Gasteiger partial charge in [0.1, 0.15) is 0 Å². The van der Waals surface area contributed by atoms with E-state index in [1.807, 2.05) is 56.3 Å². The van der Waals surface area contributed by atoms with Crippen molar-refractivity contribution < 1.29 is 9.47 Å². The van der Waals surface area contributed by atoms with Crippen molar-refractivity contribution in [3.63, 3.8) is 0 Å². The van der Waals surface area contributed by atoms with Crippen LogP contribution in [0.25, 0.3) is 10.1 Å². The van der Waals surface area contributed by atoms with E-state index in [1.54, 1.807) is 23.1 Å². The van der Waals surface area contributed by atoms with Crippen LogP contribution in [-0.2, 0) is 9.47 Å². The van der Waals surface area contributed by atoms with Gasteiger partial charge in [-0.1, -0.05) is 35.3 Å². The molecule has 0 aliphatic heterocycles. The van der Waals surface area contributed by atoms with Crippen molar-refractivity contribution in [1.82, 2.24) is 0 Å². The van der Waals surface area contributed by atoms with E-state index in [4.69, 9.17) is 32.7 Å². The predicted molar refractivity (Wildman–Crippen MR) is 116 cm³/mol. The number of benzene rings is 2. The summed E-state index contributed by atoms with van der Waals surface area (Å²) in [6, 6.07) is 15.8. The van der Waals surface area contributed by atoms with Crippen LogP contribution in [0.3, 0.4) is 0 Å². The highest BCUT2D eigenvalue weighted by molar-refractivity contribution is 7.99. The molecule has 0 radical (unpaired) electrons. The summed E-state index contributed by atoms with van der Waals surface area (Å²) in [6.45, 7) is 5.27. The Morgan fingerprint density at radius 2 is 1.69 bits per heavy atom. The van der Waals surface area contributed by atoms with Crippen molar-refractivity contribution in [2.24, 2.45) is 0 Å². The van der Waals surface area contributed by atoms with Gasteiger partial charge in [-0.2, -0.15) is 0 Å². The van der Waals surface area contributed by atoms with E-state index in [1.165, 1.54) is 10.1 Å². The normalized spacial score (nSPS) is 10.8. The summed E-state index contributed by atoms with van der Waals surface area (Å²) in [4.78, 5) is 1.14. The SMILES string of the molecule is CCOC(CSc1cccc(Cl)c1)OCC.Clc1ccc2ccsc2c1. The lowest BCUT2D eigenvalue weighted by molar-refractivity contribution is -0.120. The molecule has 0 aliphatic rings. The fourth-order valence-corrected chi connectivity index (χ4v) is 4.39. The first kappa shape index (κ1) is 21.5. The van der Waals surface area contributed by atoms with Gasteiger partial charge in [0.05, 0.1) is 0 Å². The Kier molecular flexibility index (Phi) is 9.83. The van der Waals surface area contributed by atoms with Gasteiger partial charge in [0, 0.05) is 38.6 Å². The van der Waals surface area contributed by atoms with Gasteiger partial charge in [-0.3, -0.25) is 0 Å². The summed E-state index contributed by atoms with van der Waals surface area (Å²) < 4.78 is 12.2. The summed E-state index contributed by atoms with van der Waals surface area (Å²) in [7, 11) is 0. The van der Waals surface area contributed by atoms with Crippen molar-refractivity contribution >= 4 is 56.4 Å². The molecule has 0 fully saturated rings. The van der Waals surface area contributed by atoms with Crippen LogP contribution in [-0.4, -0.2) is 25.3 Å². The Bertz CT molecular complexity index is 786. The van der Waals surface area contributed by atoms with Crippen LogP contribution in [0.15, 0.2) is 58.8 Å². The third-order valence-corrected chi connectivity index (χ3v) is 5.68. The zero-order valence-corrected chi connectivity index (χ0v) is 17.9. The molecule has 1 aromatic heterocycles. The number of ether oxygens (including phenoxy) is 2. The smallest absolute Gasteiger partial charge is 0.166 e. The van der Waals surface area contributed by atoms with E-state index in [-0.39, 0.29) is 6.29 Å². The van der Waals surface area contributed by atoms with Crippen LogP contribution in [0.5, 0.6) is 0 Å². The molecule has 0 amide bonds. The molecule has 2 aromatic carbocycles. The van der Waals surface area contributed by atoms with Gasteiger partial charge in [-0.25, -0.2) is 0 Å². The average molecular weight is 429 g/mol. The van der Waals surface area contributed by atoms with Crippen LogP contribution < -0.4 is 0 Å². The molecule has 0 spiro atoms. The van der Waals surface area contributed by atoms with Crippen LogP contribution >= 0.6 is 46.3 Å². The van der Waals surface area contributed by atoms with Gasteiger partial charge in [-0.05, 0) is 61.0 Å². The molecule has 3 rings (SSSR count). The molecular formula is C20H22Cl2O2S2. The highest BCUT2D eigenvalue weighted by atomic mass is 35.5. The van der Waals surface area contributed by atoms with Gasteiger partial charge in [0.15, 0.2) is 6.29 Å². The molecule has 0 aliphatic carbocycles. The zero-order valence-electron chi connectivity index (χ0n) is 14.8. The molecule has 3 aromatic rings. The minimum absolute atomic E-state index is 0.140. The lowest BCUT2D eigenvalue weighted by Gasteiger charge is -2.16. The van der Waals surface area contributed by atoms with Crippen molar-refractivity contribution in [2.75, 3.05) is 19.0 Å². The largest absolute Gasteiger partial charge is 0.352 e. The lowest BCUT2D eigenvalue weighted by Crippen LogP contribution is -2.19. The molecule has 6 heteroatoms. The third-order valence-electron chi connectivity index (χ3n) is 3.31. The van der Waals surface area contributed by atoms with Crippen molar-refractivity contribution in [2.45, 2.75) is 25.0 Å². The van der Waals surface area contributed by atoms with Crippen LogP contribution in [0.4, 0.5) is 0 Å². The minimum Gasteiger partial charge on any atom is -0.352 e. The summed E-state index contributed by atoms with van der Waals surface area (Å²) in [5, 5.41) is 4.92. The van der Waals surface area contributed by atoms with Gasteiger partial charge in [-0.15, -0.1) is 23.1 Å². The molecule has 0 saturated heterocycles. The Hall–Kier alpha value is -0.750. The van der Waals surface area contributed by atoms with Gasteiger partial charge in [0.2, 0.25) is 0 Å². The lowest BCUT2D eigenvalue weighted by atomic mass is 10.3. The Balaban J connectivity index is 0.000000206. The standard InChI is InChI=1S/C12H17ClO2S.C8H5ClS/c1-3-14-12(15-4-2)9-16-11-7-5-6-10(13)8-11;9-7-2-1-6-3-4-10-8(6)5-7/h5-8,12H,3-4,9H2,1-2H3;1-5H. The zero-order chi connectivity index (χ0) is 18.8. The van der Waals surface area contributed by atoms with E-state index < -0.39 is 0 Å². The Morgan fingerprint density at radius 3 is 2.38 bits per heavy atom. The predicted octanol–water partition coefficient (Wildman–Crippen LogP) is 7.39. The fourth-order valence-electron chi connectivity index (χ4n) is 2.17. The number of thiophene rings is 1. The molecule has 0 bridgehead atoms. The number of hydrogen-bond acceptors (Lipinski definition) is 4. The monoisotopic (exact) mass is 428 g/mol. The molecule has 0 N–H and O–H groups in total. The van der Waals surface area contributed by atoms with E-state index in [9.17, 15) is 0 Å². The number of thioether (sulfide) groups is 1. The maximum Gasteiger partial charge on any atom is 0.166 e. The molecule has 1 heterocycles. The highest BCUT2D eigenvalue weighted by Crippen LogP contribution is 2.24. The fraction of sp³-hybridized carbons (Fsp3) is 0.300. The first-order valence-electron chi connectivity index (χ1n) is 8.36. The van der Waals surface area contributed by atoms with E-state index in [0.717, 1.165) is 20.7 Å². The second-order valence-corrected chi connectivity index (χ2v) is 8.13. The highest BCUT2D eigenvalue weighted by Gasteiger charge is 2.08. The Morgan fingerprint density at radius 1 is 0.962 bits per heavy atom. The van der Waals surface area contributed by atoms with Gasteiger partial charge in [0.25, 0.3) is 0 Å². The van der Waals surface area contributed by atoms with E-state index in [2.05, 4.69) is 11.4 Å². The molecule has 26 heavy (non-hydrogen) atoms. The molecule has 0 unspecified atom stereocenters. The van der Waals surface area contributed by atoms with Crippen molar-refractivity contribution in [1.29, 1.82) is 0 Å². The average Bonchev–Trinajstić information content (AvgIpc) is 3.08. The molecule has 0 atom stereocenters. The third kappa shape index (κ3) is 7.47. The second-order valence-electron chi connectivity index (χ2n) is 5.21. The molecule has 2 nitrogen and oxygen atoms in total. The summed E-state index contributed by atoms with van der Waals surface area (Å²) >= 11 is 15.1. The van der Waals surface area contributed by atoms with E-state index >= 15 is 0 Å². The maximum atomic E-state index is 5.91. The maximum absolute atomic E-state index is 5.91.